The Labute approximate surface area is 479 Å². The molecule has 0 atom stereocenters. The first-order chi connectivity index (χ1) is 38.5. The normalized spacial score (nSPS) is 14.6. The monoisotopic (exact) mass is 1060 g/mol. The van der Waals surface area contributed by atoms with E-state index in [9.17, 15) is 0 Å². The molecule has 0 radical (unpaired) electrons. The summed E-state index contributed by atoms with van der Waals surface area (Å²) in [5.41, 5.74) is 28.0. The second kappa shape index (κ2) is 16.8. The summed E-state index contributed by atoms with van der Waals surface area (Å²) < 4.78 is 28.5. The van der Waals surface area contributed by atoms with Gasteiger partial charge in [0.05, 0.1) is 5.69 Å². The third-order valence-electron chi connectivity index (χ3n) is 18.3. The summed E-state index contributed by atoms with van der Waals surface area (Å²) in [6.45, 7) is 33.5. The lowest BCUT2D eigenvalue weighted by Gasteiger charge is -2.46. The van der Waals surface area contributed by atoms with Crippen LogP contribution in [0.15, 0.2) is 133 Å². The van der Waals surface area contributed by atoms with Crippen LogP contribution in [0.1, 0.15) is 112 Å². The molecular weight excluding hydrogens is 989 g/mol. The molecule has 0 unspecified atom stereocenters. The van der Waals surface area contributed by atoms with Gasteiger partial charge in [0, 0.05) is 51.5 Å². The smallest absolute Gasteiger partial charge is 0.260 e. The van der Waals surface area contributed by atoms with Crippen molar-refractivity contribution < 1.29 is 18.9 Å². The molecule has 0 saturated carbocycles. The van der Waals surface area contributed by atoms with Crippen LogP contribution in [0.2, 0.25) is 0 Å². The van der Waals surface area contributed by atoms with Crippen LogP contribution in [0.4, 0.5) is 34.1 Å². The largest absolute Gasteiger partial charge is 0.458 e. The minimum Gasteiger partial charge on any atom is -0.458 e. The van der Waals surface area contributed by atoms with Gasteiger partial charge in [0.2, 0.25) is 0 Å². The summed E-state index contributed by atoms with van der Waals surface area (Å²) in [5.74, 6) is 6.91. The predicted octanol–water partition coefficient (Wildman–Crippen LogP) is 13.0. The number of rotatable bonds is 2. The second-order valence-electron chi connectivity index (χ2n) is 27.4. The van der Waals surface area contributed by atoms with E-state index in [0.29, 0.717) is 0 Å². The van der Waals surface area contributed by atoms with E-state index < -0.39 is 0 Å². The highest BCUT2D eigenvalue weighted by Gasteiger charge is 2.50. The fraction of sp³-hybridized carbons (Fsp3) is 0.250. The maximum absolute atomic E-state index is 7.33. The number of hydrogen-bond donors (Lipinski definition) is 0. The van der Waals surface area contributed by atoms with Crippen molar-refractivity contribution in [2.75, 3.05) is 9.80 Å². The lowest BCUT2D eigenvalue weighted by Crippen LogP contribution is -2.65. The topological polar surface area (TPSA) is 43.4 Å². The van der Waals surface area contributed by atoms with Gasteiger partial charge in [-0.05, 0) is 201 Å². The Bertz CT molecular complexity index is 4270. The highest BCUT2D eigenvalue weighted by atomic mass is 16.5. The first-order valence-corrected chi connectivity index (χ1v) is 29.0. The fourth-order valence-corrected chi connectivity index (χ4v) is 14.5. The molecule has 0 saturated heterocycles. The molecule has 9 aromatic carbocycles. The van der Waals surface area contributed by atoms with Gasteiger partial charge in [0.15, 0.2) is 0 Å². The van der Waals surface area contributed by atoms with Gasteiger partial charge in [-0.2, -0.15) is 0 Å². The lowest BCUT2D eigenvalue weighted by molar-refractivity contribution is 0.463. The molecule has 6 nitrogen and oxygen atoms in total. The van der Waals surface area contributed by atoms with Crippen molar-refractivity contribution >= 4 is 103 Å². The van der Waals surface area contributed by atoms with Gasteiger partial charge >= 0.3 is 0 Å². The van der Waals surface area contributed by atoms with Gasteiger partial charge in [-0.15, -0.1) is 0 Å². The number of fused-ring (bicyclic) bond motifs is 12. The SMILES string of the molecule is Cc1cc(C)c(N2c3cc4c(cc3B3c5cc6c(cc5N(c5ccc(C(C)(C)C)cc5)c5cc(C)cc2c53)Oc2cc(C)cc3c2B6c2cc(C(C)(C)C)ccc2O3)B2c3cc(C(C)(C)C)ccc3Oc3cc(C)cc(c32)O4)c(C)c1. The van der Waals surface area contributed by atoms with E-state index in [-0.39, 0.29) is 36.4 Å². The van der Waals surface area contributed by atoms with E-state index in [4.69, 9.17) is 18.9 Å². The van der Waals surface area contributed by atoms with Crippen molar-refractivity contribution in [3.63, 3.8) is 0 Å². The van der Waals surface area contributed by atoms with E-state index in [1.807, 2.05) is 0 Å². The van der Waals surface area contributed by atoms with Crippen molar-refractivity contribution in [3.8, 4) is 46.0 Å². The zero-order chi connectivity index (χ0) is 56.2. The standard InChI is InChI=1S/C72H67B3N2O4/c1-38-24-42(5)69(43(6)25-38)77-55-37-61-53(75-51-33-46(72(13,14)15)19-23-59(51)79-63-29-41(4)31-65(81-61)68(63)75)35-49(55)73-48-34-52-60(80-64-30-40(3)28-62-67(64)74(52)50-32-45(71(10,11)12)18-22-58(50)78-62)36-54(48)76(56-26-39(2)27-57(77)66(56)73)47-20-16-44(17-21-47)70(7,8)9/h16-37H,1-15H3. The first kappa shape index (κ1) is 50.0. The zero-order valence-corrected chi connectivity index (χ0v) is 49.5. The van der Waals surface area contributed by atoms with Gasteiger partial charge in [-0.1, -0.05) is 129 Å². The minimum absolute atomic E-state index is 0.0215. The molecule has 9 aromatic rings. The Kier molecular flexibility index (Phi) is 10.4. The zero-order valence-electron chi connectivity index (χ0n) is 49.5. The molecule has 0 aromatic heterocycles. The molecule has 9 heteroatoms. The van der Waals surface area contributed by atoms with Gasteiger partial charge in [-0.3, -0.25) is 0 Å². The summed E-state index contributed by atoms with van der Waals surface area (Å²) in [5, 5.41) is 0. The molecule has 6 heterocycles. The molecule has 0 fully saturated rings. The van der Waals surface area contributed by atoms with Crippen LogP contribution < -0.4 is 77.9 Å². The van der Waals surface area contributed by atoms with Crippen molar-refractivity contribution in [1.82, 2.24) is 0 Å². The van der Waals surface area contributed by atoms with E-state index >= 15 is 0 Å². The molecule has 81 heavy (non-hydrogen) atoms. The second-order valence-corrected chi connectivity index (χ2v) is 27.4. The molecule has 0 N–H and O–H groups in total. The van der Waals surface area contributed by atoms with E-state index in [1.165, 1.54) is 66.7 Å². The van der Waals surface area contributed by atoms with Gasteiger partial charge in [0.25, 0.3) is 20.1 Å². The fourth-order valence-electron chi connectivity index (χ4n) is 14.5. The predicted molar refractivity (Wildman–Crippen MR) is 340 cm³/mol. The highest BCUT2D eigenvalue weighted by molar-refractivity contribution is 7.03. The number of ether oxygens (including phenoxy) is 4. The summed E-state index contributed by atoms with van der Waals surface area (Å²) in [4.78, 5) is 5.12. The summed E-state index contributed by atoms with van der Waals surface area (Å²) in [7, 11) is 0. The molecule has 398 valence electrons. The Hall–Kier alpha value is -8.03. The molecule has 0 aliphatic carbocycles. The van der Waals surface area contributed by atoms with Crippen LogP contribution in [-0.2, 0) is 16.2 Å². The average Bonchev–Trinajstić information content (AvgIpc) is 3.48. The minimum atomic E-state index is -0.207. The van der Waals surface area contributed by atoms with Crippen LogP contribution in [0.25, 0.3) is 0 Å². The highest BCUT2D eigenvalue weighted by Crippen LogP contribution is 2.49. The van der Waals surface area contributed by atoms with E-state index in [1.54, 1.807) is 0 Å². The Morgan fingerprint density at radius 3 is 1.10 bits per heavy atom. The molecule has 6 aliphatic rings. The van der Waals surface area contributed by atoms with Crippen LogP contribution in [-0.4, -0.2) is 20.1 Å². The van der Waals surface area contributed by atoms with Crippen LogP contribution in [0.3, 0.4) is 0 Å². The Morgan fingerprint density at radius 2 is 0.654 bits per heavy atom. The lowest BCUT2D eigenvalue weighted by atomic mass is 9.29. The van der Waals surface area contributed by atoms with Gasteiger partial charge < -0.3 is 28.7 Å². The quantitative estimate of drug-likeness (QED) is 0.161. The average molecular weight is 1060 g/mol. The van der Waals surface area contributed by atoms with E-state index in [0.717, 1.165) is 113 Å². The summed E-state index contributed by atoms with van der Waals surface area (Å²) in [6, 6.07) is 51.1. The maximum Gasteiger partial charge on any atom is 0.260 e. The van der Waals surface area contributed by atoms with Crippen molar-refractivity contribution in [1.29, 1.82) is 0 Å². The summed E-state index contributed by atoms with van der Waals surface area (Å²) in [6.07, 6.45) is 0. The van der Waals surface area contributed by atoms with Crippen molar-refractivity contribution in [2.45, 2.75) is 120 Å². The van der Waals surface area contributed by atoms with Crippen LogP contribution in [0.5, 0.6) is 46.0 Å². The number of nitrogens with zero attached hydrogens (tertiary/aromatic N) is 2. The maximum atomic E-state index is 7.33. The molecule has 0 bridgehead atoms. The molecule has 15 rings (SSSR count). The van der Waals surface area contributed by atoms with E-state index in [2.05, 4.69) is 247 Å². The van der Waals surface area contributed by atoms with Gasteiger partial charge in [-0.25, -0.2) is 0 Å². The van der Waals surface area contributed by atoms with Crippen LogP contribution >= 0.6 is 0 Å². The first-order valence-electron chi connectivity index (χ1n) is 29.0. The van der Waals surface area contributed by atoms with Gasteiger partial charge in [0.1, 0.15) is 46.0 Å². The van der Waals surface area contributed by atoms with Crippen molar-refractivity contribution in [3.05, 3.63) is 184 Å². The molecule has 0 amide bonds. The third kappa shape index (κ3) is 7.42. The Morgan fingerprint density at radius 1 is 0.296 bits per heavy atom. The molecule has 0 spiro atoms. The number of hydrogen-bond acceptors (Lipinski definition) is 6. The summed E-state index contributed by atoms with van der Waals surface area (Å²) >= 11 is 0. The number of benzene rings is 9. The van der Waals surface area contributed by atoms with Crippen molar-refractivity contribution in [2.24, 2.45) is 0 Å². The van der Waals surface area contributed by atoms with Crippen LogP contribution in [0, 0.1) is 41.5 Å². The number of anilines is 6. The molecular formula is C72H67B3N2O4. The Balaban J connectivity index is 1.06. The molecule has 6 aliphatic heterocycles. The number of aryl methyl sites for hydroxylation is 6. The third-order valence-corrected chi connectivity index (χ3v) is 18.3.